The van der Waals surface area contributed by atoms with Gasteiger partial charge in [-0.15, -0.1) is 0 Å². The third-order valence-electron chi connectivity index (χ3n) is 5.39. The van der Waals surface area contributed by atoms with E-state index in [0.29, 0.717) is 38.7 Å². The molecular formula is C25H22N4O6S. The molecule has 0 spiro atoms. The topological polar surface area (TPSA) is 126 Å². The lowest BCUT2D eigenvalue weighted by atomic mass is 10.1. The number of nitro groups is 1. The number of carbonyl (C=O) groups excluding carboxylic acids is 1. The number of rotatable bonds is 8. The molecule has 0 bridgehead atoms. The van der Waals surface area contributed by atoms with Crippen LogP contribution in [-0.2, 0) is 4.79 Å². The first-order chi connectivity index (χ1) is 17.3. The van der Waals surface area contributed by atoms with Crippen molar-refractivity contribution in [1.29, 1.82) is 0 Å². The average molecular weight is 507 g/mol. The van der Waals surface area contributed by atoms with Crippen LogP contribution < -0.4 is 20.3 Å². The van der Waals surface area contributed by atoms with E-state index >= 15 is 0 Å². The first-order valence-corrected chi connectivity index (χ1v) is 11.7. The first kappa shape index (κ1) is 24.7. The molecule has 4 aromatic rings. The molecule has 1 heterocycles. The molecule has 0 aliphatic carbocycles. The molecule has 0 aliphatic heterocycles. The van der Waals surface area contributed by atoms with Crippen LogP contribution in [0, 0.1) is 17.0 Å². The van der Waals surface area contributed by atoms with E-state index in [-0.39, 0.29) is 28.7 Å². The highest BCUT2D eigenvalue weighted by Gasteiger charge is 2.19. The molecule has 0 saturated heterocycles. The molecule has 11 heteroatoms. The number of nitrogens with zero attached hydrogens (tertiary/aromatic N) is 3. The highest BCUT2D eigenvalue weighted by molar-refractivity contribution is 7.99. The minimum atomic E-state index is -0.545. The van der Waals surface area contributed by atoms with Crippen LogP contribution in [0.1, 0.15) is 5.56 Å². The van der Waals surface area contributed by atoms with Crippen molar-refractivity contribution >= 4 is 39.9 Å². The van der Waals surface area contributed by atoms with Crippen LogP contribution in [0.3, 0.4) is 0 Å². The van der Waals surface area contributed by atoms with Gasteiger partial charge in [0, 0.05) is 23.9 Å². The van der Waals surface area contributed by atoms with Gasteiger partial charge in [0.25, 0.3) is 5.56 Å². The zero-order chi connectivity index (χ0) is 25.8. The van der Waals surface area contributed by atoms with Crippen molar-refractivity contribution < 1.29 is 19.2 Å². The summed E-state index contributed by atoms with van der Waals surface area (Å²) in [7, 11) is 2.86. The minimum Gasteiger partial charge on any atom is -0.497 e. The largest absolute Gasteiger partial charge is 0.497 e. The Morgan fingerprint density at radius 2 is 1.89 bits per heavy atom. The molecule has 3 aromatic carbocycles. The fourth-order valence-corrected chi connectivity index (χ4v) is 4.43. The molecule has 0 saturated carbocycles. The monoisotopic (exact) mass is 506 g/mol. The van der Waals surface area contributed by atoms with E-state index in [0.717, 1.165) is 11.8 Å². The number of benzene rings is 3. The Kier molecular flexibility index (Phi) is 7.20. The van der Waals surface area contributed by atoms with Gasteiger partial charge in [-0.3, -0.25) is 24.3 Å². The number of hydrogen-bond acceptors (Lipinski definition) is 8. The summed E-state index contributed by atoms with van der Waals surface area (Å²) < 4.78 is 11.8. The number of aromatic nitrogens is 2. The number of para-hydroxylation sites is 1. The summed E-state index contributed by atoms with van der Waals surface area (Å²) in [6.45, 7) is 1.65. The molecular weight excluding hydrogens is 484 g/mol. The van der Waals surface area contributed by atoms with Crippen molar-refractivity contribution in [3.05, 3.63) is 86.7 Å². The number of hydrogen-bond donors (Lipinski definition) is 1. The van der Waals surface area contributed by atoms with Crippen molar-refractivity contribution in [3.8, 4) is 17.2 Å². The van der Waals surface area contributed by atoms with Gasteiger partial charge in [0.1, 0.15) is 5.75 Å². The Morgan fingerprint density at radius 3 is 2.61 bits per heavy atom. The van der Waals surface area contributed by atoms with E-state index in [1.54, 1.807) is 55.5 Å². The molecule has 0 atom stereocenters. The third-order valence-corrected chi connectivity index (χ3v) is 6.32. The van der Waals surface area contributed by atoms with Gasteiger partial charge in [-0.2, -0.15) is 0 Å². The average Bonchev–Trinajstić information content (AvgIpc) is 2.88. The van der Waals surface area contributed by atoms with Crippen molar-refractivity contribution in [2.75, 3.05) is 25.3 Å². The third kappa shape index (κ3) is 5.01. The van der Waals surface area contributed by atoms with Gasteiger partial charge >= 0.3 is 5.69 Å². The van der Waals surface area contributed by atoms with E-state index < -0.39 is 4.92 Å². The van der Waals surface area contributed by atoms with Crippen LogP contribution in [0.15, 0.2) is 70.6 Å². The summed E-state index contributed by atoms with van der Waals surface area (Å²) >= 11 is 1.10. The number of carbonyl (C=O) groups is 1. The van der Waals surface area contributed by atoms with Gasteiger partial charge in [0.2, 0.25) is 5.91 Å². The molecule has 1 N–H and O–H groups in total. The zero-order valence-corrected chi connectivity index (χ0v) is 20.5. The van der Waals surface area contributed by atoms with Crippen LogP contribution in [0.2, 0.25) is 0 Å². The highest BCUT2D eigenvalue weighted by atomic mass is 32.2. The van der Waals surface area contributed by atoms with Crippen molar-refractivity contribution in [1.82, 2.24) is 9.55 Å². The molecule has 0 unspecified atom stereocenters. The molecule has 0 fully saturated rings. The standard InChI is InChI=1S/C25H22N4O6S/c1-15-11-21(29(32)33)22(35-3)13-20(15)26-23(30)14-36-25-27-19-10-5-4-9-18(19)24(31)28(25)16-7-6-8-17(12-16)34-2/h4-13H,14H2,1-3H3,(H,26,30). The summed E-state index contributed by atoms with van der Waals surface area (Å²) in [6, 6.07) is 16.8. The second kappa shape index (κ2) is 10.5. The van der Waals surface area contributed by atoms with Crippen LogP contribution in [0.4, 0.5) is 11.4 Å². The Labute approximate surface area is 210 Å². The van der Waals surface area contributed by atoms with E-state index in [1.807, 2.05) is 0 Å². The molecule has 1 aromatic heterocycles. The molecule has 4 rings (SSSR count). The number of thioether (sulfide) groups is 1. The second-order valence-corrected chi connectivity index (χ2v) is 8.63. The summed E-state index contributed by atoms with van der Waals surface area (Å²) in [5, 5.41) is 14.8. The zero-order valence-electron chi connectivity index (χ0n) is 19.7. The predicted molar refractivity (Wildman–Crippen MR) is 138 cm³/mol. The van der Waals surface area contributed by atoms with Crippen molar-refractivity contribution in [2.24, 2.45) is 0 Å². The Bertz CT molecular complexity index is 1540. The number of methoxy groups -OCH3 is 2. The number of fused-ring (bicyclic) bond motifs is 1. The van der Waals surface area contributed by atoms with Gasteiger partial charge in [-0.05, 0) is 36.8 Å². The fourth-order valence-electron chi connectivity index (χ4n) is 3.62. The van der Waals surface area contributed by atoms with Gasteiger partial charge in [-0.25, -0.2) is 4.98 Å². The second-order valence-electron chi connectivity index (χ2n) is 7.69. The molecule has 184 valence electrons. The maximum Gasteiger partial charge on any atom is 0.311 e. The number of nitro benzene ring substituents is 1. The lowest BCUT2D eigenvalue weighted by Gasteiger charge is -2.14. The summed E-state index contributed by atoms with van der Waals surface area (Å²) in [5.74, 6) is 0.173. The smallest absolute Gasteiger partial charge is 0.311 e. The normalized spacial score (nSPS) is 10.8. The number of amides is 1. The first-order valence-electron chi connectivity index (χ1n) is 10.7. The Morgan fingerprint density at radius 1 is 1.11 bits per heavy atom. The van der Waals surface area contributed by atoms with Crippen LogP contribution in [-0.4, -0.2) is 40.4 Å². The molecule has 10 nitrogen and oxygen atoms in total. The van der Waals surface area contributed by atoms with E-state index in [9.17, 15) is 19.7 Å². The number of nitrogens with one attached hydrogen (secondary N) is 1. The maximum atomic E-state index is 13.4. The lowest BCUT2D eigenvalue weighted by Crippen LogP contribution is -2.23. The molecule has 1 amide bonds. The Hall–Kier alpha value is -4.38. The van der Waals surface area contributed by atoms with Crippen LogP contribution >= 0.6 is 11.8 Å². The van der Waals surface area contributed by atoms with Crippen LogP contribution in [0.5, 0.6) is 11.5 Å². The van der Waals surface area contributed by atoms with Gasteiger partial charge in [0.15, 0.2) is 10.9 Å². The van der Waals surface area contributed by atoms with E-state index in [4.69, 9.17) is 9.47 Å². The summed E-state index contributed by atoms with van der Waals surface area (Å²) in [6.07, 6.45) is 0. The van der Waals surface area contributed by atoms with Crippen LogP contribution in [0.25, 0.3) is 16.6 Å². The minimum absolute atomic E-state index is 0.0385. The number of ether oxygens (including phenoxy) is 2. The van der Waals surface area contributed by atoms with Crippen molar-refractivity contribution in [2.45, 2.75) is 12.1 Å². The van der Waals surface area contributed by atoms with Gasteiger partial charge in [-0.1, -0.05) is 30.0 Å². The SMILES string of the molecule is COc1cccc(-n2c(SCC(=O)Nc3cc(OC)c([N+](=O)[O-])cc3C)nc3ccccc3c2=O)c1. The fraction of sp³-hybridized carbons (Fsp3) is 0.160. The highest BCUT2D eigenvalue weighted by Crippen LogP contribution is 2.33. The number of anilines is 1. The van der Waals surface area contributed by atoms with E-state index in [2.05, 4.69) is 10.3 Å². The van der Waals surface area contributed by atoms with Gasteiger partial charge < -0.3 is 14.8 Å². The lowest BCUT2D eigenvalue weighted by molar-refractivity contribution is -0.385. The quantitative estimate of drug-likeness (QED) is 0.162. The summed E-state index contributed by atoms with van der Waals surface area (Å²) in [4.78, 5) is 41.5. The van der Waals surface area contributed by atoms with Gasteiger partial charge in [0.05, 0.1) is 41.5 Å². The summed E-state index contributed by atoms with van der Waals surface area (Å²) in [5.41, 5.74) is 1.51. The Balaban J connectivity index is 1.65. The van der Waals surface area contributed by atoms with E-state index in [1.165, 1.54) is 30.9 Å². The predicted octanol–water partition coefficient (Wildman–Crippen LogP) is 4.35. The maximum absolute atomic E-state index is 13.4. The molecule has 0 aliphatic rings. The molecule has 0 radical (unpaired) electrons. The van der Waals surface area contributed by atoms with Crippen molar-refractivity contribution in [3.63, 3.8) is 0 Å². The molecule has 36 heavy (non-hydrogen) atoms. The number of aryl methyl sites for hydroxylation is 1.